The van der Waals surface area contributed by atoms with Crippen molar-refractivity contribution < 1.29 is 22.7 Å². The third-order valence-corrected chi connectivity index (χ3v) is 4.85. The minimum Gasteiger partial charge on any atom is -0.375 e. The molecule has 0 bridgehead atoms. The van der Waals surface area contributed by atoms with Gasteiger partial charge in [0.2, 0.25) is 5.91 Å². The summed E-state index contributed by atoms with van der Waals surface area (Å²) in [6.45, 7) is 1.17. The Kier molecular flexibility index (Phi) is 4.36. The smallest absolute Gasteiger partial charge is 0.375 e. The van der Waals surface area contributed by atoms with Crippen LogP contribution in [-0.4, -0.2) is 29.6 Å². The second kappa shape index (κ2) is 6.15. The fraction of sp³-hybridized carbons (Fsp3) is 0.588. The van der Waals surface area contributed by atoms with Crippen molar-refractivity contribution in [2.75, 3.05) is 13.2 Å². The molecule has 2 aliphatic rings. The van der Waals surface area contributed by atoms with E-state index in [1.807, 2.05) is 0 Å². The summed E-state index contributed by atoms with van der Waals surface area (Å²) in [7, 11) is 0. The number of hydrogen-bond acceptors (Lipinski definition) is 2. The molecule has 23 heavy (non-hydrogen) atoms. The van der Waals surface area contributed by atoms with Gasteiger partial charge >= 0.3 is 6.18 Å². The van der Waals surface area contributed by atoms with Crippen LogP contribution in [0, 0.1) is 0 Å². The number of carbonyl (C=O) groups is 1. The molecule has 3 rings (SSSR count). The van der Waals surface area contributed by atoms with Crippen molar-refractivity contribution in [3.8, 4) is 0 Å². The topological polar surface area (TPSA) is 29.5 Å². The zero-order valence-corrected chi connectivity index (χ0v) is 12.9. The van der Waals surface area contributed by atoms with Crippen LogP contribution in [0.3, 0.4) is 0 Å². The Morgan fingerprint density at radius 3 is 2.65 bits per heavy atom. The van der Waals surface area contributed by atoms with Gasteiger partial charge < -0.3 is 9.64 Å². The summed E-state index contributed by atoms with van der Waals surface area (Å²) in [6, 6.07) is 5.47. The molecule has 3 nitrogen and oxygen atoms in total. The molecule has 1 aromatic rings. The lowest BCUT2D eigenvalue weighted by molar-refractivity contribution is -0.139. The highest BCUT2D eigenvalue weighted by Crippen LogP contribution is 2.37. The highest BCUT2D eigenvalue weighted by Gasteiger charge is 2.39. The Balaban J connectivity index is 1.76. The van der Waals surface area contributed by atoms with Crippen LogP contribution in [-0.2, 0) is 22.3 Å². The lowest BCUT2D eigenvalue weighted by Gasteiger charge is -2.27. The first kappa shape index (κ1) is 16.3. The predicted molar refractivity (Wildman–Crippen MR) is 78.6 cm³/mol. The Morgan fingerprint density at radius 2 is 1.96 bits per heavy atom. The summed E-state index contributed by atoms with van der Waals surface area (Å²) in [6.07, 6.45) is -0.760. The van der Waals surface area contributed by atoms with E-state index in [0.29, 0.717) is 32.4 Å². The van der Waals surface area contributed by atoms with Gasteiger partial charge in [0.25, 0.3) is 0 Å². The van der Waals surface area contributed by atoms with Gasteiger partial charge in [-0.3, -0.25) is 4.79 Å². The van der Waals surface area contributed by atoms with Crippen molar-refractivity contribution in [2.24, 2.45) is 0 Å². The van der Waals surface area contributed by atoms with Crippen molar-refractivity contribution in [1.82, 2.24) is 4.90 Å². The Bertz CT molecular complexity index is 579. The second-order valence-electron chi connectivity index (χ2n) is 6.36. The largest absolute Gasteiger partial charge is 0.416 e. The molecular formula is C17H20F3NO2. The summed E-state index contributed by atoms with van der Waals surface area (Å²) in [5.74, 6) is -0.0886. The molecular weight excluding hydrogens is 307 g/mol. The average Bonchev–Trinajstić information content (AvgIpc) is 2.91. The zero-order valence-electron chi connectivity index (χ0n) is 12.9. The first-order chi connectivity index (χ1) is 10.9. The number of rotatable bonds is 2. The van der Waals surface area contributed by atoms with Crippen LogP contribution in [0.5, 0.6) is 0 Å². The number of alkyl halides is 3. The van der Waals surface area contributed by atoms with Crippen molar-refractivity contribution in [3.05, 3.63) is 35.4 Å². The third-order valence-electron chi connectivity index (χ3n) is 4.85. The number of likely N-dealkylation sites (tertiary alicyclic amines) is 1. The number of benzene rings is 1. The molecule has 0 radical (unpaired) electrons. The van der Waals surface area contributed by atoms with E-state index >= 15 is 0 Å². The molecule has 0 aromatic heterocycles. The van der Waals surface area contributed by atoms with Crippen LogP contribution in [0.25, 0.3) is 0 Å². The number of halogens is 3. The normalized spacial score (nSPS) is 25.9. The van der Waals surface area contributed by atoms with Crippen LogP contribution >= 0.6 is 0 Å². The Morgan fingerprint density at radius 1 is 1.17 bits per heavy atom. The van der Waals surface area contributed by atoms with E-state index in [0.717, 1.165) is 18.9 Å². The van der Waals surface area contributed by atoms with E-state index in [2.05, 4.69) is 0 Å². The molecule has 2 saturated heterocycles. The van der Waals surface area contributed by atoms with E-state index < -0.39 is 11.7 Å². The van der Waals surface area contributed by atoms with Crippen molar-refractivity contribution in [2.45, 2.75) is 50.4 Å². The van der Waals surface area contributed by atoms with Crippen LogP contribution in [0.1, 0.15) is 43.2 Å². The monoisotopic (exact) mass is 327 g/mol. The van der Waals surface area contributed by atoms with Gasteiger partial charge in [-0.2, -0.15) is 13.2 Å². The molecule has 0 saturated carbocycles. The van der Waals surface area contributed by atoms with Crippen molar-refractivity contribution in [3.63, 3.8) is 0 Å². The van der Waals surface area contributed by atoms with Crippen molar-refractivity contribution >= 4 is 5.91 Å². The van der Waals surface area contributed by atoms with Gasteiger partial charge in [-0.25, -0.2) is 0 Å². The number of carbonyl (C=O) groups excluding carboxylic acids is 1. The maximum Gasteiger partial charge on any atom is 0.416 e. The molecule has 2 fully saturated rings. The van der Waals surface area contributed by atoms with Gasteiger partial charge in [0.15, 0.2) is 0 Å². The molecule has 1 spiro atoms. The van der Waals surface area contributed by atoms with Gasteiger partial charge in [-0.05, 0) is 37.3 Å². The molecule has 1 unspecified atom stereocenters. The first-order valence-corrected chi connectivity index (χ1v) is 7.97. The highest BCUT2D eigenvalue weighted by molar-refractivity contribution is 5.76. The highest BCUT2D eigenvalue weighted by atomic mass is 19.4. The summed E-state index contributed by atoms with van der Waals surface area (Å²) in [4.78, 5) is 13.9. The molecule has 0 N–H and O–H groups in total. The summed E-state index contributed by atoms with van der Waals surface area (Å²) < 4.78 is 45.1. The standard InChI is InChI=1S/C17H20F3NO2/c18-17(19,20)14-5-2-1-4-13(14)12-21-10-9-16(7-3-11-23-16)8-6-15(21)22/h1-2,4-5H,3,6-12H2. The SMILES string of the molecule is O=C1CCC2(CCCO2)CCN1Cc1ccccc1C(F)(F)F. The second-order valence-corrected chi connectivity index (χ2v) is 6.36. The summed E-state index contributed by atoms with van der Waals surface area (Å²) in [5.41, 5.74) is -0.756. The van der Waals surface area contributed by atoms with Crippen LogP contribution < -0.4 is 0 Å². The lowest BCUT2D eigenvalue weighted by Crippen LogP contribution is -2.32. The molecule has 1 atom stereocenters. The zero-order chi connectivity index (χ0) is 16.5. The third kappa shape index (κ3) is 3.52. The number of ether oxygens (including phenoxy) is 1. The molecule has 1 aromatic carbocycles. The maximum atomic E-state index is 13.1. The maximum absolute atomic E-state index is 13.1. The van der Waals surface area contributed by atoms with Gasteiger partial charge in [0.05, 0.1) is 11.2 Å². The Hall–Kier alpha value is -1.56. The predicted octanol–water partition coefficient (Wildman–Crippen LogP) is 3.77. The molecule has 126 valence electrons. The van der Waals surface area contributed by atoms with E-state index in [4.69, 9.17) is 4.74 Å². The molecule has 2 aliphatic heterocycles. The quantitative estimate of drug-likeness (QED) is 0.827. The number of amides is 1. The van der Waals surface area contributed by atoms with Gasteiger partial charge in [0.1, 0.15) is 0 Å². The van der Waals surface area contributed by atoms with Crippen LogP contribution in [0.15, 0.2) is 24.3 Å². The summed E-state index contributed by atoms with van der Waals surface area (Å²) >= 11 is 0. The number of hydrogen-bond donors (Lipinski definition) is 0. The van der Waals surface area contributed by atoms with E-state index in [1.165, 1.54) is 12.1 Å². The van der Waals surface area contributed by atoms with E-state index in [-0.39, 0.29) is 23.6 Å². The van der Waals surface area contributed by atoms with Crippen LogP contribution in [0.2, 0.25) is 0 Å². The minimum absolute atomic E-state index is 0.00456. The van der Waals surface area contributed by atoms with Gasteiger partial charge in [-0.15, -0.1) is 0 Å². The van der Waals surface area contributed by atoms with E-state index in [9.17, 15) is 18.0 Å². The fourth-order valence-electron chi connectivity index (χ4n) is 3.54. The average molecular weight is 327 g/mol. The van der Waals surface area contributed by atoms with Gasteiger partial charge in [0, 0.05) is 26.1 Å². The van der Waals surface area contributed by atoms with Crippen molar-refractivity contribution in [1.29, 1.82) is 0 Å². The Labute approximate surface area is 133 Å². The van der Waals surface area contributed by atoms with E-state index in [1.54, 1.807) is 11.0 Å². The molecule has 2 heterocycles. The minimum atomic E-state index is -4.40. The van der Waals surface area contributed by atoms with Crippen LogP contribution in [0.4, 0.5) is 13.2 Å². The fourth-order valence-corrected chi connectivity index (χ4v) is 3.54. The molecule has 6 heteroatoms. The summed E-state index contributed by atoms with van der Waals surface area (Å²) in [5, 5.41) is 0. The first-order valence-electron chi connectivity index (χ1n) is 7.97. The lowest BCUT2D eigenvalue weighted by atomic mass is 9.92. The molecule has 1 amide bonds. The molecule has 0 aliphatic carbocycles. The van der Waals surface area contributed by atoms with Gasteiger partial charge in [-0.1, -0.05) is 18.2 Å². The number of nitrogens with zero attached hydrogens (tertiary/aromatic N) is 1.